The van der Waals surface area contributed by atoms with Crippen molar-refractivity contribution >= 4 is 23.3 Å². The highest BCUT2D eigenvalue weighted by Crippen LogP contribution is 2.28. The van der Waals surface area contributed by atoms with Crippen molar-refractivity contribution in [2.24, 2.45) is 0 Å². The van der Waals surface area contributed by atoms with Gasteiger partial charge in [-0.25, -0.2) is 4.98 Å². The van der Waals surface area contributed by atoms with Gasteiger partial charge in [-0.15, -0.1) is 0 Å². The van der Waals surface area contributed by atoms with Gasteiger partial charge in [-0.05, 0) is 30.5 Å². The van der Waals surface area contributed by atoms with Gasteiger partial charge >= 0.3 is 0 Å². The Labute approximate surface area is 146 Å². The number of piperidine rings is 1. The van der Waals surface area contributed by atoms with Gasteiger partial charge in [0, 0.05) is 51.2 Å². The molecule has 1 aliphatic heterocycles. The number of carbonyl (C=O) groups is 1. The molecular weight excluding hydrogens is 328 g/mol. The van der Waals surface area contributed by atoms with Gasteiger partial charge in [0.1, 0.15) is 11.6 Å². The second-order valence-electron chi connectivity index (χ2n) is 6.02. The van der Waals surface area contributed by atoms with Crippen molar-refractivity contribution < 1.29 is 9.32 Å². The Kier molecular flexibility index (Phi) is 5.35. The molecule has 3 heterocycles. The van der Waals surface area contributed by atoms with Gasteiger partial charge in [-0.2, -0.15) is 0 Å². The number of nitrogens with one attached hydrogen (secondary N) is 1. The number of hydrogen-bond donors (Lipinski definition) is 1. The first-order valence-electron chi connectivity index (χ1n) is 8.18. The van der Waals surface area contributed by atoms with Gasteiger partial charge in [0.2, 0.25) is 5.91 Å². The molecule has 1 aliphatic rings. The summed E-state index contributed by atoms with van der Waals surface area (Å²) in [6, 6.07) is 5.76. The third-order valence-electron chi connectivity index (χ3n) is 4.40. The number of aryl methyl sites for hydroxylation is 1. The maximum atomic E-state index is 12.5. The van der Waals surface area contributed by atoms with Gasteiger partial charge in [-0.3, -0.25) is 4.79 Å². The van der Waals surface area contributed by atoms with Crippen LogP contribution in [0.1, 0.15) is 36.5 Å². The van der Waals surface area contributed by atoms with E-state index in [9.17, 15) is 4.79 Å². The van der Waals surface area contributed by atoms with Gasteiger partial charge in [0.25, 0.3) is 0 Å². The van der Waals surface area contributed by atoms with Crippen LogP contribution in [0.25, 0.3) is 0 Å². The number of nitrogens with zero attached hydrogens (tertiary/aromatic N) is 3. The summed E-state index contributed by atoms with van der Waals surface area (Å²) in [6.45, 7) is 1.57. The number of rotatable bonds is 5. The van der Waals surface area contributed by atoms with Crippen LogP contribution in [-0.4, -0.2) is 41.1 Å². The lowest BCUT2D eigenvalue weighted by molar-refractivity contribution is -0.132. The first kappa shape index (κ1) is 16.8. The second kappa shape index (κ2) is 7.66. The van der Waals surface area contributed by atoms with E-state index in [-0.39, 0.29) is 5.91 Å². The van der Waals surface area contributed by atoms with Crippen molar-refractivity contribution in [3.05, 3.63) is 40.9 Å². The number of hydrogen-bond acceptors (Lipinski definition) is 5. The van der Waals surface area contributed by atoms with E-state index in [4.69, 9.17) is 16.1 Å². The molecule has 0 saturated carbocycles. The zero-order chi connectivity index (χ0) is 16.9. The summed E-state index contributed by atoms with van der Waals surface area (Å²) in [7, 11) is 1.86. The molecule has 0 spiro atoms. The Hall–Kier alpha value is -2.08. The van der Waals surface area contributed by atoms with Crippen molar-refractivity contribution in [3.8, 4) is 0 Å². The molecule has 128 valence electrons. The van der Waals surface area contributed by atoms with E-state index in [0.717, 1.165) is 31.7 Å². The maximum absolute atomic E-state index is 12.5. The molecule has 24 heavy (non-hydrogen) atoms. The lowest BCUT2D eigenvalue weighted by Crippen LogP contribution is -2.39. The van der Waals surface area contributed by atoms with E-state index in [0.29, 0.717) is 29.7 Å². The average Bonchev–Trinajstić information content (AvgIpc) is 3.05. The third-order valence-corrected chi connectivity index (χ3v) is 4.58. The Morgan fingerprint density at radius 1 is 1.50 bits per heavy atom. The Morgan fingerprint density at radius 2 is 2.38 bits per heavy atom. The maximum Gasteiger partial charge on any atom is 0.223 e. The molecule has 6 nitrogen and oxygen atoms in total. The number of aromatic nitrogens is 2. The van der Waals surface area contributed by atoms with Crippen LogP contribution >= 0.6 is 11.6 Å². The number of carbonyl (C=O) groups excluding carboxylic acids is 1. The molecule has 1 fully saturated rings. The largest absolute Gasteiger partial charge is 0.373 e. The third kappa shape index (κ3) is 4.06. The summed E-state index contributed by atoms with van der Waals surface area (Å²) in [5, 5.41) is 7.02. The minimum Gasteiger partial charge on any atom is -0.373 e. The predicted molar refractivity (Wildman–Crippen MR) is 92.2 cm³/mol. The fourth-order valence-electron chi connectivity index (χ4n) is 3.11. The van der Waals surface area contributed by atoms with Crippen molar-refractivity contribution in [2.75, 3.05) is 25.5 Å². The number of amides is 1. The minimum atomic E-state index is 0.148. The van der Waals surface area contributed by atoms with Gasteiger partial charge < -0.3 is 14.7 Å². The molecule has 1 N–H and O–H groups in total. The Balaban J connectivity index is 1.59. The van der Waals surface area contributed by atoms with Crippen LogP contribution < -0.4 is 5.32 Å². The fourth-order valence-corrected chi connectivity index (χ4v) is 3.26. The molecule has 1 amide bonds. The van der Waals surface area contributed by atoms with E-state index in [2.05, 4.69) is 21.5 Å². The first-order valence-corrected chi connectivity index (χ1v) is 8.56. The highest BCUT2D eigenvalue weighted by atomic mass is 35.5. The molecule has 0 radical (unpaired) electrons. The quantitative estimate of drug-likeness (QED) is 0.899. The van der Waals surface area contributed by atoms with Crippen LogP contribution in [0.5, 0.6) is 0 Å². The van der Waals surface area contributed by atoms with E-state index >= 15 is 0 Å². The molecule has 1 atom stereocenters. The van der Waals surface area contributed by atoms with Crippen molar-refractivity contribution in [3.63, 3.8) is 0 Å². The molecule has 0 aromatic carbocycles. The summed E-state index contributed by atoms with van der Waals surface area (Å²) in [6.07, 6.45) is 4.86. The molecule has 0 aliphatic carbocycles. The fraction of sp³-hybridized carbons (Fsp3) is 0.471. The summed E-state index contributed by atoms with van der Waals surface area (Å²) in [4.78, 5) is 18.7. The second-order valence-corrected chi connectivity index (χ2v) is 6.41. The van der Waals surface area contributed by atoms with Crippen molar-refractivity contribution in [1.29, 1.82) is 0 Å². The van der Waals surface area contributed by atoms with Crippen LogP contribution in [0.15, 0.2) is 28.9 Å². The monoisotopic (exact) mass is 348 g/mol. The molecule has 1 unspecified atom stereocenters. The molecule has 1 saturated heterocycles. The zero-order valence-corrected chi connectivity index (χ0v) is 14.4. The van der Waals surface area contributed by atoms with E-state index in [1.54, 1.807) is 6.07 Å². The Morgan fingerprint density at radius 3 is 3.12 bits per heavy atom. The summed E-state index contributed by atoms with van der Waals surface area (Å²) in [5.41, 5.74) is 1.23. The topological polar surface area (TPSA) is 71.3 Å². The van der Waals surface area contributed by atoms with Crippen LogP contribution in [0, 0.1) is 0 Å². The molecule has 3 rings (SSSR count). The molecule has 2 aromatic heterocycles. The lowest BCUT2D eigenvalue weighted by atomic mass is 9.91. The highest BCUT2D eigenvalue weighted by Gasteiger charge is 2.25. The van der Waals surface area contributed by atoms with Crippen LogP contribution in [0.4, 0.5) is 5.82 Å². The number of halogens is 1. The zero-order valence-electron chi connectivity index (χ0n) is 13.7. The molecule has 7 heteroatoms. The lowest BCUT2D eigenvalue weighted by Gasteiger charge is -2.33. The average molecular weight is 349 g/mol. The van der Waals surface area contributed by atoms with Gasteiger partial charge in [-0.1, -0.05) is 16.8 Å². The number of pyridine rings is 1. The summed E-state index contributed by atoms with van der Waals surface area (Å²) < 4.78 is 5.05. The standard InChI is InChI=1S/C17H21ClN4O2/c1-19-16-9-12(6-7-20-16)13-3-2-8-22(11-13)17(23)5-4-14-10-15(18)21-24-14/h6-7,9-10,13H,2-5,8,11H2,1H3,(H,19,20). The number of likely N-dealkylation sites (tertiary alicyclic amines) is 1. The van der Waals surface area contributed by atoms with Crippen molar-refractivity contribution in [1.82, 2.24) is 15.0 Å². The Bertz CT molecular complexity index is 703. The predicted octanol–water partition coefficient (Wildman–Crippen LogP) is 3.10. The normalized spacial score (nSPS) is 17.8. The minimum absolute atomic E-state index is 0.148. The van der Waals surface area contributed by atoms with Crippen molar-refractivity contribution in [2.45, 2.75) is 31.6 Å². The SMILES string of the molecule is CNc1cc(C2CCCN(C(=O)CCc3cc(Cl)no3)C2)ccn1. The summed E-state index contributed by atoms with van der Waals surface area (Å²) in [5.74, 6) is 2.01. The van der Waals surface area contributed by atoms with E-state index < -0.39 is 0 Å². The van der Waals surface area contributed by atoms with Crippen LogP contribution in [0.2, 0.25) is 5.15 Å². The smallest absolute Gasteiger partial charge is 0.223 e. The van der Waals surface area contributed by atoms with E-state index in [1.165, 1.54) is 5.56 Å². The molecular formula is C17H21ClN4O2. The summed E-state index contributed by atoms with van der Waals surface area (Å²) >= 11 is 5.73. The first-order chi connectivity index (χ1) is 11.7. The number of anilines is 1. The van der Waals surface area contributed by atoms with Gasteiger partial charge in [0.05, 0.1) is 0 Å². The van der Waals surface area contributed by atoms with E-state index in [1.807, 2.05) is 24.2 Å². The van der Waals surface area contributed by atoms with Gasteiger partial charge in [0.15, 0.2) is 5.15 Å². The van der Waals surface area contributed by atoms with Crippen LogP contribution in [-0.2, 0) is 11.2 Å². The molecule has 2 aromatic rings. The highest BCUT2D eigenvalue weighted by molar-refractivity contribution is 6.29. The van der Waals surface area contributed by atoms with Crippen LogP contribution in [0.3, 0.4) is 0 Å². The molecule has 0 bridgehead atoms.